The van der Waals surface area contributed by atoms with Crippen LogP contribution in [0, 0.1) is 0 Å². The van der Waals surface area contributed by atoms with E-state index in [0.717, 1.165) is 22.4 Å². The molecule has 6 nitrogen and oxygen atoms in total. The van der Waals surface area contributed by atoms with E-state index in [1.165, 1.54) is 0 Å². The van der Waals surface area contributed by atoms with E-state index in [1.807, 2.05) is 60.8 Å². The molecule has 1 aromatic heterocycles. The zero-order valence-corrected chi connectivity index (χ0v) is 14.2. The van der Waals surface area contributed by atoms with Gasteiger partial charge in [-0.1, -0.05) is 42.5 Å². The zero-order chi connectivity index (χ0) is 17.9. The van der Waals surface area contributed by atoms with Crippen LogP contribution >= 0.6 is 0 Å². The summed E-state index contributed by atoms with van der Waals surface area (Å²) in [4.78, 5) is 12.5. The van der Waals surface area contributed by atoms with Crippen molar-refractivity contribution in [2.24, 2.45) is 0 Å². The minimum Gasteiger partial charge on any atom is -0.390 e. The van der Waals surface area contributed by atoms with Gasteiger partial charge >= 0.3 is 6.03 Å². The van der Waals surface area contributed by atoms with E-state index in [-0.39, 0.29) is 6.03 Å². The molecule has 0 fully saturated rings. The molecule has 0 radical (unpaired) electrons. The second-order valence-corrected chi connectivity index (χ2v) is 6.41. The Morgan fingerprint density at radius 3 is 2.81 bits per heavy atom. The predicted molar refractivity (Wildman–Crippen MR) is 98.8 cm³/mol. The van der Waals surface area contributed by atoms with Crippen LogP contribution in [-0.4, -0.2) is 27.0 Å². The predicted octanol–water partition coefficient (Wildman–Crippen LogP) is 2.71. The lowest BCUT2D eigenvalue weighted by Crippen LogP contribution is -2.37. The summed E-state index contributed by atoms with van der Waals surface area (Å²) in [5, 5.41) is 20.3. The third-order valence-corrected chi connectivity index (χ3v) is 4.65. The molecule has 0 unspecified atom stereocenters. The van der Waals surface area contributed by atoms with Crippen LogP contribution in [0.4, 0.5) is 10.5 Å². The Kier molecular flexibility index (Phi) is 4.41. The summed E-state index contributed by atoms with van der Waals surface area (Å²) < 4.78 is 1.80. The first-order chi connectivity index (χ1) is 12.7. The Morgan fingerprint density at radius 2 is 1.96 bits per heavy atom. The topological polar surface area (TPSA) is 79.2 Å². The van der Waals surface area contributed by atoms with E-state index in [1.54, 1.807) is 10.9 Å². The van der Waals surface area contributed by atoms with E-state index in [2.05, 4.69) is 15.7 Å². The number of anilines is 1. The molecule has 6 heteroatoms. The first kappa shape index (κ1) is 16.4. The Balaban J connectivity index is 1.47. The highest BCUT2D eigenvalue weighted by molar-refractivity contribution is 5.90. The average molecular weight is 348 g/mol. The first-order valence-electron chi connectivity index (χ1n) is 8.59. The van der Waals surface area contributed by atoms with Crippen molar-refractivity contribution in [3.05, 3.63) is 83.7 Å². The Morgan fingerprint density at radius 1 is 1.15 bits per heavy atom. The van der Waals surface area contributed by atoms with Gasteiger partial charge in [-0.3, -0.25) is 4.68 Å². The molecule has 2 atom stereocenters. The Labute approximate surface area is 151 Å². The molecular weight excluding hydrogens is 328 g/mol. The SMILES string of the molecule is O=C(Nc1ccccc1Cn1cccn1)N[C@H]1c2ccccc2C[C@H]1O. The van der Waals surface area contributed by atoms with E-state index in [4.69, 9.17) is 0 Å². The summed E-state index contributed by atoms with van der Waals surface area (Å²) in [5.41, 5.74) is 3.73. The van der Waals surface area contributed by atoms with Crippen molar-refractivity contribution < 1.29 is 9.90 Å². The Bertz CT molecular complexity index is 908. The standard InChI is InChI=1S/C20H20N4O2/c25-18-12-14-6-1-3-8-16(14)19(18)23-20(26)22-17-9-4-2-7-15(17)13-24-11-5-10-21-24/h1-11,18-19,25H,12-13H2,(H2,22,23,26)/t18-,19+/m1/s1. The van der Waals surface area contributed by atoms with Crippen LogP contribution in [0.25, 0.3) is 0 Å². The molecular formula is C20H20N4O2. The largest absolute Gasteiger partial charge is 0.390 e. The van der Waals surface area contributed by atoms with Crippen LogP contribution in [0.2, 0.25) is 0 Å². The molecule has 0 aliphatic heterocycles. The molecule has 1 heterocycles. The number of para-hydroxylation sites is 1. The van der Waals surface area contributed by atoms with Crippen LogP contribution in [0.3, 0.4) is 0 Å². The summed E-state index contributed by atoms with van der Waals surface area (Å²) in [5.74, 6) is 0. The second-order valence-electron chi connectivity index (χ2n) is 6.41. The number of rotatable bonds is 4. The minimum absolute atomic E-state index is 0.335. The maximum atomic E-state index is 12.5. The van der Waals surface area contributed by atoms with Gasteiger partial charge in [-0.2, -0.15) is 5.10 Å². The summed E-state index contributed by atoms with van der Waals surface area (Å²) >= 11 is 0. The van der Waals surface area contributed by atoms with E-state index in [0.29, 0.717) is 13.0 Å². The fourth-order valence-electron chi connectivity index (χ4n) is 3.40. The Hall–Kier alpha value is -3.12. The number of hydrogen-bond donors (Lipinski definition) is 3. The van der Waals surface area contributed by atoms with Crippen molar-refractivity contribution in [1.29, 1.82) is 0 Å². The van der Waals surface area contributed by atoms with Gasteiger partial charge < -0.3 is 15.7 Å². The molecule has 0 saturated heterocycles. The lowest BCUT2D eigenvalue weighted by atomic mass is 10.1. The summed E-state index contributed by atoms with van der Waals surface area (Å²) in [6.07, 6.45) is 3.54. The average Bonchev–Trinajstić information content (AvgIpc) is 3.25. The second kappa shape index (κ2) is 7.01. The number of benzene rings is 2. The van der Waals surface area contributed by atoms with Crippen LogP contribution in [-0.2, 0) is 13.0 Å². The fraction of sp³-hybridized carbons (Fsp3) is 0.200. The monoisotopic (exact) mass is 348 g/mol. The maximum absolute atomic E-state index is 12.5. The van der Waals surface area contributed by atoms with Crippen molar-refractivity contribution in [3.63, 3.8) is 0 Å². The third kappa shape index (κ3) is 3.32. The van der Waals surface area contributed by atoms with Crippen molar-refractivity contribution in [2.45, 2.75) is 25.1 Å². The van der Waals surface area contributed by atoms with Crippen molar-refractivity contribution in [3.8, 4) is 0 Å². The quantitative estimate of drug-likeness (QED) is 0.678. The van der Waals surface area contributed by atoms with Gasteiger partial charge in [-0.15, -0.1) is 0 Å². The van der Waals surface area contributed by atoms with Gasteiger partial charge in [0.15, 0.2) is 0 Å². The lowest BCUT2D eigenvalue weighted by molar-refractivity contribution is 0.144. The number of carbonyl (C=O) groups is 1. The number of aromatic nitrogens is 2. The number of fused-ring (bicyclic) bond motifs is 1. The highest BCUT2D eigenvalue weighted by atomic mass is 16.3. The van der Waals surface area contributed by atoms with Gasteiger partial charge in [-0.05, 0) is 28.8 Å². The van der Waals surface area contributed by atoms with Crippen molar-refractivity contribution in [1.82, 2.24) is 15.1 Å². The van der Waals surface area contributed by atoms with Crippen LogP contribution in [0.5, 0.6) is 0 Å². The summed E-state index contributed by atoms with van der Waals surface area (Å²) in [6, 6.07) is 16.5. The molecule has 2 amide bonds. The number of hydrogen-bond acceptors (Lipinski definition) is 3. The highest BCUT2D eigenvalue weighted by Gasteiger charge is 2.31. The van der Waals surface area contributed by atoms with E-state index in [9.17, 15) is 9.90 Å². The van der Waals surface area contributed by atoms with E-state index >= 15 is 0 Å². The molecule has 4 rings (SSSR count). The van der Waals surface area contributed by atoms with Gasteiger partial charge in [0.05, 0.1) is 18.7 Å². The van der Waals surface area contributed by atoms with Crippen LogP contribution in [0.15, 0.2) is 67.0 Å². The van der Waals surface area contributed by atoms with Gasteiger partial charge in [0.1, 0.15) is 0 Å². The lowest BCUT2D eigenvalue weighted by Gasteiger charge is -2.19. The van der Waals surface area contributed by atoms with Gasteiger partial charge in [0.25, 0.3) is 0 Å². The molecule has 0 spiro atoms. The number of aliphatic hydroxyl groups excluding tert-OH is 1. The molecule has 1 aliphatic carbocycles. The number of amides is 2. The van der Waals surface area contributed by atoms with Crippen molar-refractivity contribution in [2.75, 3.05) is 5.32 Å². The molecule has 1 aliphatic rings. The molecule has 0 bridgehead atoms. The third-order valence-electron chi connectivity index (χ3n) is 4.65. The summed E-state index contributed by atoms with van der Waals surface area (Å²) in [7, 11) is 0. The number of urea groups is 1. The molecule has 26 heavy (non-hydrogen) atoms. The molecule has 2 aromatic carbocycles. The zero-order valence-electron chi connectivity index (χ0n) is 14.2. The fourth-order valence-corrected chi connectivity index (χ4v) is 3.40. The summed E-state index contributed by atoms with van der Waals surface area (Å²) in [6.45, 7) is 0.568. The minimum atomic E-state index is -0.613. The smallest absolute Gasteiger partial charge is 0.319 e. The van der Waals surface area contributed by atoms with Crippen LogP contribution in [0.1, 0.15) is 22.7 Å². The van der Waals surface area contributed by atoms with Crippen molar-refractivity contribution >= 4 is 11.7 Å². The van der Waals surface area contributed by atoms with Gasteiger partial charge in [0, 0.05) is 24.5 Å². The highest BCUT2D eigenvalue weighted by Crippen LogP contribution is 2.31. The number of aliphatic hydroxyl groups is 1. The molecule has 0 saturated carbocycles. The van der Waals surface area contributed by atoms with Gasteiger partial charge in [0.2, 0.25) is 0 Å². The molecule has 3 N–H and O–H groups in total. The van der Waals surface area contributed by atoms with Gasteiger partial charge in [-0.25, -0.2) is 4.79 Å². The number of carbonyl (C=O) groups excluding carboxylic acids is 1. The number of nitrogens with zero attached hydrogens (tertiary/aromatic N) is 2. The maximum Gasteiger partial charge on any atom is 0.319 e. The molecule has 132 valence electrons. The van der Waals surface area contributed by atoms with Crippen LogP contribution < -0.4 is 10.6 Å². The molecule has 3 aromatic rings. The first-order valence-corrected chi connectivity index (χ1v) is 8.59. The number of nitrogens with one attached hydrogen (secondary N) is 2. The normalized spacial score (nSPS) is 18.3. The van der Waals surface area contributed by atoms with E-state index < -0.39 is 12.1 Å².